The van der Waals surface area contributed by atoms with Crippen LogP contribution in [0.4, 0.5) is 15.9 Å². The lowest BCUT2D eigenvalue weighted by Crippen LogP contribution is -2.36. The van der Waals surface area contributed by atoms with Crippen LogP contribution in [-0.2, 0) is 15.3 Å². The number of aromatic amines is 1. The number of fused-ring (bicyclic) bond motifs is 1. The van der Waals surface area contributed by atoms with Gasteiger partial charge in [0.25, 0.3) is 5.56 Å². The highest BCUT2D eigenvalue weighted by Crippen LogP contribution is 2.31. The van der Waals surface area contributed by atoms with Gasteiger partial charge in [-0.3, -0.25) is 14.4 Å². The van der Waals surface area contributed by atoms with Gasteiger partial charge in [0.05, 0.1) is 18.6 Å². The summed E-state index contributed by atoms with van der Waals surface area (Å²) in [4.78, 5) is 44.9. The van der Waals surface area contributed by atoms with Gasteiger partial charge in [-0.05, 0) is 29.8 Å². The minimum atomic E-state index is -0.989. The number of hydrogen-bond acceptors (Lipinski definition) is 6. The number of rotatable bonds is 6. The van der Waals surface area contributed by atoms with Crippen molar-refractivity contribution in [3.8, 4) is 5.75 Å². The Morgan fingerprint density at radius 3 is 2.78 bits per heavy atom. The summed E-state index contributed by atoms with van der Waals surface area (Å²) in [6.45, 7) is 0. The summed E-state index contributed by atoms with van der Waals surface area (Å²) in [5, 5.41) is 5.59. The minimum Gasteiger partial charge on any atom is -0.497 e. The summed E-state index contributed by atoms with van der Waals surface area (Å²) in [6, 6.07) is 12.8. The number of ether oxygens (including phenoxy) is 1. The summed E-state index contributed by atoms with van der Waals surface area (Å²) in [5.74, 6) is -1.15. The predicted octanol–water partition coefficient (Wildman–Crippen LogP) is 3.27. The summed E-state index contributed by atoms with van der Waals surface area (Å²) in [5.41, 5.74) is 0.938. The summed E-state index contributed by atoms with van der Waals surface area (Å²) < 4.78 is 18.2. The Balaban J connectivity index is 1.56. The molecule has 0 spiro atoms. The lowest BCUT2D eigenvalue weighted by molar-refractivity contribution is -0.123. The molecule has 1 atom stereocenters. The molecule has 32 heavy (non-hydrogen) atoms. The Morgan fingerprint density at radius 1 is 1.25 bits per heavy atom. The number of hydrogen-bond donors (Lipinski definition) is 3. The van der Waals surface area contributed by atoms with Crippen molar-refractivity contribution in [1.82, 2.24) is 9.97 Å². The molecular formula is C22H19FN4O4S. The molecule has 8 nitrogen and oxygen atoms in total. The maximum absolute atomic E-state index is 13.1. The molecule has 0 fully saturated rings. The van der Waals surface area contributed by atoms with Crippen molar-refractivity contribution in [3.05, 3.63) is 75.8 Å². The molecule has 0 aliphatic carbocycles. The molecule has 0 saturated carbocycles. The highest BCUT2D eigenvalue weighted by atomic mass is 32.2. The van der Waals surface area contributed by atoms with E-state index in [0.29, 0.717) is 17.2 Å². The average molecular weight is 454 g/mol. The van der Waals surface area contributed by atoms with Crippen LogP contribution >= 0.6 is 11.8 Å². The normalized spacial score (nSPS) is 14.9. The van der Waals surface area contributed by atoms with E-state index in [1.165, 1.54) is 31.0 Å². The van der Waals surface area contributed by atoms with E-state index in [2.05, 4.69) is 20.6 Å². The number of amides is 2. The SMILES string of the molecule is COc1cccc(NC(=O)[C@@H]2CC(=O)Nc3nc(SCc4ccc(F)cc4)[nH]c(=O)c32)c1. The lowest BCUT2D eigenvalue weighted by Gasteiger charge is -2.23. The maximum Gasteiger partial charge on any atom is 0.257 e. The van der Waals surface area contributed by atoms with Gasteiger partial charge in [0.2, 0.25) is 11.8 Å². The molecule has 3 N–H and O–H groups in total. The number of carbonyl (C=O) groups is 2. The van der Waals surface area contributed by atoms with E-state index in [1.807, 2.05) is 0 Å². The van der Waals surface area contributed by atoms with Crippen LogP contribution in [-0.4, -0.2) is 28.9 Å². The van der Waals surface area contributed by atoms with Gasteiger partial charge in [0.1, 0.15) is 17.4 Å². The zero-order chi connectivity index (χ0) is 22.7. The zero-order valence-corrected chi connectivity index (χ0v) is 17.8. The van der Waals surface area contributed by atoms with Gasteiger partial charge in [0.15, 0.2) is 5.16 Å². The second kappa shape index (κ2) is 9.23. The van der Waals surface area contributed by atoms with Crippen LogP contribution in [0, 0.1) is 5.82 Å². The third-order valence-corrected chi connectivity index (χ3v) is 5.82. The molecule has 0 radical (unpaired) electrons. The maximum atomic E-state index is 13.1. The number of anilines is 2. The number of carbonyl (C=O) groups excluding carboxylic acids is 2. The van der Waals surface area contributed by atoms with Crippen LogP contribution in [0.25, 0.3) is 0 Å². The second-order valence-corrected chi connectivity index (χ2v) is 8.04. The predicted molar refractivity (Wildman–Crippen MR) is 118 cm³/mol. The summed E-state index contributed by atoms with van der Waals surface area (Å²) in [6.07, 6.45) is -0.171. The fourth-order valence-electron chi connectivity index (χ4n) is 3.31. The number of thioether (sulfide) groups is 1. The summed E-state index contributed by atoms with van der Waals surface area (Å²) in [7, 11) is 1.51. The van der Waals surface area contributed by atoms with Crippen molar-refractivity contribution in [2.45, 2.75) is 23.2 Å². The van der Waals surface area contributed by atoms with Gasteiger partial charge in [-0.1, -0.05) is 30.0 Å². The second-order valence-electron chi connectivity index (χ2n) is 7.07. The highest BCUT2D eigenvalue weighted by molar-refractivity contribution is 7.98. The third kappa shape index (κ3) is 4.80. The molecule has 3 aromatic rings. The van der Waals surface area contributed by atoms with Crippen LogP contribution in [0.15, 0.2) is 58.5 Å². The van der Waals surface area contributed by atoms with E-state index >= 15 is 0 Å². The van der Waals surface area contributed by atoms with E-state index in [1.54, 1.807) is 36.4 Å². The molecule has 1 aliphatic rings. The minimum absolute atomic E-state index is 0.0670. The number of nitrogens with zero attached hydrogens (tertiary/aromatic N) is 1. The first-order chi connectivity index (χ1) is 15.4. The summed E-state index contributed by atoms with van der Waals surface area (Å²) >= 11 is 1.23. The molecule has 1 aliphatic heterocycles. The number of aromatic nitrogens is 2. The number of halogens is 1. The van der Waals surface area contributed by atoms with Crippen molar-refractivity contribution in [3.63, 3.8) is 0 Å². The van der Waals surface area contributed by atoms with Gasteiger partial charge in [0, 0.05) is 23.9 Å². The Bertz CT molecular complexity index is 1230. The fourth-order valence-corrected chi connectivity index (χ4v) is 4.12. The molecular weight excluding hydrogens is 435 g/mol. The first kappa shape index (κ1) is 21.6. The molecule has 0 unspecified atom stereocenters. The van der Waals surface area contributed by atoms with Crippen molar-refractivity contribution in [2.24, 2.45) is 0 Å². The Labute approximate surface area is 186 Å². The third-order valence-electron chi connectivity index (χ3n) is 4.87. The monoisotopic (exact) mass is 454 g/mol. The van der Waals surface area contributed by atoms with Gasteiger partial charge in [-0.2, -0.15) is 0 Å². The zero-order valence-electron chi connectivity index (χ0n) is 17.0. The first-order valence-corrected chi connectivity index (χ1v) is 10.7. The molecule has 2 amide bonds. The molecule has 0 bridgehead atoms. The molecule has 10 heteroatoms. The van der Waals surface area contributed by atoms with Gasteiger partial charge < -0.3 is 20.4 Å². The molecule has 164 valence electrons. The standard InChI is InChI=1S/C22H19FN4O4S/c1-31-15-4-2-3-14(9-15)24-20(29)16-10-17(28)25-19-18(16)21(30)27-22(26-19)32-11-12-5-7-13(23)8-6-12/h2-9,16H,10-11H2,1H3,(H,24,29)(H2,25,26,27,28,30)/t16-/m1/s1. The Kier molecular flexibility index (Phi) is 6.22. The van der Waals surface area contributed by atoms with E-state index in [4.69, 9.17) is 4.74 Å². The van der Waals surface area contributed by atoms with Crippen LogP contribution in [0.3, 0.4) is 0 Å². The van der Waals surface area contributed by atoms with Crippen LogP contribution < -0.4 is 20.9 Å². The number of nitrogens with one attached hydrogen (secondary N) is 3. The van der Waals surface area contributed by atoms with Crippen molar-refractivity contribution < 1.29 is 18.7 Å². The van der Waals surface area contributed by atoms with E-state index in [0.717, 1.165) is 5.56 Å². The molecule has 4 rings (SSSR count). The molecule has 2 heterocycles. The highest BCUT2D eigenvalue weighted by Gasteiger charge is 2.34. The van der Waals surface area contributed by atoms with Crippen molar-refractivity contribution in [2.75, 3.05) is 17.7 Å². The number of methoxy groups -OCH3 is 1. The Morgan fingerprint density at radius 2 is 2.03 bits per heavy atom. The lowest BCUT2D eigenvalue weighted by atomic mass is 9.92. The number of benzene rings is 2. The molecule has 1 aromatic heterocycles. The smallest absolute Gasteiger partial charge is 0.257 e. The van der Waals surface area contributed by atoms with Crippen LogP contribution in [0.2, 0.25) is 0 Å². The van der Waals surface area contributed by atoms with E-state index < -0.39 is 23.3 Å². The van der Waals surface area contributed by atoms with Crippen LogP contribution in [0.1, 0.15) is 23.5 Å². The van der Waals surface area contributed by atoms with Crippen molar-refractivity contribution in [1.29, 1.82) is 0 Å². The molecule has 0 saturated heterocycles. The van der Waals surface area contributed by atoms with Gasteiger partial charge in [-0.25, -0.2) is 9.37 Å². The van der Waals surface area contributed by atoms with E-state index in [9.17, 15) is 18.8 Å². The molecule has 2 aromatic carbocycles. The van der Waals surface area contributed by atoms with E-state index in [-0.39, 0.29) is 28.8 Å². The fraction of sp³-hybridized carbons (Fsp3) is 0.182. The van der Waals surface area contributed by atoms with Gasteiger partial charge >= 0.3 is 0 Å². The average Bonchev–Trinajstić information content (AvgIpc) is 2.78. The van der Waals surface area contributed by atoms with Crippen molar-refractivity contribution >= 4 is 35.1 Å². The largest absolute Gasteiger partial charge is 0.497 e. The topological polar surface area (TPSA) is 113 Å². The quantitative estimate of drug-likeness (QED) is 0.389. The van der Waals surface area contributed by atoms with Crippen LogP contribution in [0.5, 0.6) is 5.75 Å². The first-order valence-electron chi connectivity index (χ1n) is 9.69. The Hall–Kier alpha value is -3.66. The van der Waals surface area contributed by atoms with Gasteiger partial charge in [-0.15, -0.1) is 0 Å². The number of H-pyrrole nitrogens is 1.